The van der Waals surface area contributed by atoms with Gasteiger partial charge in [0.25, 0.3) is 11.8 Å². The maximum Gasteiger partial charge on any atom is 0.276 e. The zero-order valence-electron chi connectivity index (χ0n) is 16.4. The molecule has 2 N–H and O–H groups in total. The van der Waals surface area contributed by atoms with Crippen molar-refractivity contribution in [1.82, 2.24) is 10.9 Å². The zero-order valence-corrected chi connectivity index (χ0v) is 17.9. The summed E-state index contributed by atoms with van der Waals surface area (Å²) in [6, 6.07) is 22.9. The van der Waals surface area contributed by atoms with Crippen LogP contribution in [-0.4, -0.2) is 25.0 Å². The smallest absolute Gasteiger partial charge is 0.276 e. The summed E-state index contributed by atoms with van der Waals surface area (Å²) < 4.78 is 11.8. The van der Waals surface area contributed by atoms with Gasteiger partial charge in [-0.1, -0.05) is 58.4 Å². The fourth-order valence-corrected chi connectivity index (χ4v) is 3.13. The number of carbonyl (C=O) groups is 2. The Morgan fingerprint density at radius 3 is 2.03 bits per heavy atom. The van der Waals surface area contributed by atoms with E-state index >= 15 is 0 Å². The van der Waals surface area contributed by atoms with Gasteiger partial charge in [-0.05, 0) is 53.9 Å². The molecule has 0 aliphatic heterocycles. The van der Waals surface area contributed by atoms with Crippen molar-refractivity contribution in [1.29, 1.82) is 0 Å². The summed E-state index contributed by atoms with van der Waals surface area (Å²) in [5.41, 5.74) is 7.65. The van der Waals surface area contributed by atoms with Crippen LogP contribution in [0.15, 0.2) is 77.3 Å². The second kappa shape index (κ2) is 10.5. The Bertz CT molecular complexity index is 1010. The summed E-state index contributed by atoms with van der Waals surface area (Å²) in [7, 11) is 0. The van der Waals surface area contributed by atoms with E-state index in [-0.39, 0.29) is 13.2 Å². The van der Waals surface area contributed by atoms with E-state index in [4.69, 9.17) is 9.47 Å². The van der Waals surface area contributed by atoms with Crippen molar-refractivity contribution < 1.29 is 19.1 Å². The van der Waals surface area contributed by atoms with Crippen LogP contribution in [-0.2, 0) is 9.59 Å². The molecule has 30 heavy (non-hydrogen) atoms. The molecular weight excluding hydrogens is 448 g/mol. The molecule has 154 valence electrons. The third kappa shape index (κ3) is 6.35. The van der Waals surface area contributed by atoms with Crippen LogP contribution in [0.3, 0.4) is 0 Å². The van der Waals surface area contributed by atoms with Crippen LogP contribution in [0.25, 0.3) is 11.1 Å². The Kier molecular flexibility index (Phi) is 7.45. The lowest BCUT2D eigenvalue weighted by molar-refractivity contribution is -0.131. The predicted molar refractivity (Wildman–Crippen MR) is 118 cm³/mol. The normalized spacial score (nSPS) is 10.2. The molecule has 0 radical (unpaired) electrons. The van der Waals surface area contributed by atoms with E-state index in [2.05, 4.69) is 26.8 Å². The maximum atomic E-state index is 11.9. The Morgan fingerprint density at radius 1 is 0.800 bits per heavy atom. The second-order valence-corrected chi connectivity index (χ2v) is 7.39. The summed E-state index contributed by atoms with van der Waals surface area (Å²) >= 11 is 3.37. The van der Waals surface area contributed by atoms with Crippen molar-refractivity contribution >= 4 is 27.7 Å². The number of nitrogens with one attached hydrogen (secondary N) is 2. The highest BCUT2D eigenvalue weighted by Crippen LogP contribution is 2.22. The summed E-state index contributed by atoms with van der Waals surface area (Å²) in [5, 5.41) is 0. The molecule has 0 heterocycles. The van der Waals surface area contributed by atoms with E-state index in [9.17, 15) is 9.59 Å². The van der Waals surface area contributed by atoms with E-state index < -0.39 is 11.8 Å². The van der Waals surface area contributed by atoms with Gasteiger partial charge in [-0.15, -0.1) is 0 Å². The van der Waals surface area contributed by atoms with Gasteiger partial charge in [-0.2, -0.15) is 0 Å². The Balaban J connectivity index is 1.38. The van der Waals surface area contributed by atoms with Gasteiger partial charge in [0.1, 0.15) is 11.5 Å². The number of ether oxygens (including phenoxy) is 2. The van der Waals surface area contributed by atoms with Gasteiger partial charge in [-0.3, -0.25) is 20.4 Å². The predicted octanol–water partition coefficient (Wildman–Crippen LogP) is 4.03. The minimum absolute atomic E-state index is 0.218. The number of hydrogen-bond acceptors (Lipinski definition) is 4. The van der Waals surface area contributed by atoms with Crippen LogP contribution in [0.2, 0.25) is 0 Å². The average Bonchev–Trinajstić information content (AvgIpc) is 2.76. The molecule has 0 saturated carbocycles. The van der Waals surface area contributed by atoms with E-state index in [1.54, 1.807) is 18.2 Å². The Hall–Kier alpha value is -3.32. The van der Waals surface area contributed by atoms with Crippen LogP contribution in [0.5, 0.6) is 11.5 Å². The van der Waals surface area contributed by atoms with Crippen LogP contribution < -0.4 is 20.3 Å². The van der Waals surface area contributed by atoms with Gasteiger partial charge in [-0.25, -0.2) is 0 Å². The van der Waals surface area contributed by atoms with Crippen molar-refractivity contribution in [3.05, 3.63) is 82.8 Å². The van der Waals surface area contributed by atoms with Gasteiger partial charge in [0, 0.05) is 4.47 Å². The topological polar surface area (TPSA) is 76.7 Å². The lowest BCUT2D eigenvalue weighted by atomic mass is 10.1. The molecule has 0 aromatic heterocycles. The zero-order chi connectivity index (χ0) is 21.3. The van der Waals surface area contributed by atoms with Gasteiger partial charge < -0.3 is 9.47 Å². The SMILES string of the molecule is Cc1cc(Br)ccc1OCC(=O)NNC(=O)COc1ccc(-c2ccccc2)cc1. The van der Waals surface area contributed by atoms with Gasteiger partial charge in [0.2, 0.25) is 0 Å². The number of benzene rings is 3. The molecule has 0 fully saturated rings. The van der Waals surface area contributed by atoms with Crippen LogP contribution >= 0.6 is 15.9 Å². The van der Waals surface area contributed by atoms with E-state index in [1.165, 1.54) is 0 Å². The first kappa shape index (κ1) is 21.4. The molecule has 0 saturated heterocycles. The van der Waals surface area contributed by atoms with E-state index in [0.717, 1.165) is 21.2 Å². The van der Waals surface area contributed by atoms with Crippen molar-refractivity contribution in [2.45, 2.75) is 6.92 Å². The highest BCUT2D eigenvalue weighted by molar-refractivity contribution is 9.10. The largest absolute Gasteiger partial charge is 0.484 e. The minimum atomic E-state index is -0.477. The lowest BCUT2D eigenvalue weighted by Gasteiger charge is -2.11. The lowest BCUT2D eigenvalue weighted by Crippen LogP contribution is -2.45. The molecule has 0 spiro atoms. The highest BCUT2D eigenvalue weighted by atomic mass is 79.9. The molecule has 7 heteroatoms. The first-order valence-electron chi connectivity index (χ1n) is 9.26. The number of carbonyl (C=O) groups excluding carboxylic acids is 2. The first-order chi connectivity index (χ1) is 14.5. The highest BCUT2D eigenvalue weighted by Gasteiger charge is 2.08. The first-order valence-corrected chi connectivity index (χ1v) is 10.1. The number of hydrazine groups is 1. The van der Waals surface area contributed by atoms with Crippen molar-refractivity contribution in [3.8, 4) is 22.6 Å². The third-order valence-electron chi connectivity index (χ3n) is 4.17. The van der Waals surface area contributed by atoms with Gasteiger partial charge >= 0.3 is 0 Å². The second-order valence-electron chi connectivity index (χ2n) is 6.47. The third-order valence-corrected chi connectivity index (χ3v) is 4.66. The molecule has 3 aromatic carbocycles. The minimum Gasteiger partial charge on any atom is -0.484 e. The van der Waals surface area contributed by atoms with Crippen molar-refractivity contribution in [3.63, 3.8) is 0 Å². The molecule has 2 amide bonds. The summed E-state index contributed by atoms with van der Waals surface area (Å²) in [6.07, 6.45) is 0. The molecule has 3 aromatic rings. The fraction of sp³-hybridized carbons (Fsp3) is 0.130. The monoisotopic (exact) mass is 468 g/mol. The summed E-state index contributed by atoms with van der Waals surface area (Å²) in [5.74, 6) is 0.209. The molecule has 0 aliphatic carbocycles. The maximum absolute atomic E-state index is 11.9. The number of halogens is 1. The molecule has 6 nitrogen and oxygen atoms in total. The van der Waals surface area contributed by atoms with Crippen LogP contribution in [0.1, 0.15) is 5.56 Å². The van der Waals surface area contributed by atoms with Crippen LogP contribution in [0.4, 0.5) is 0 Å². The summed E-state index contributed by atoms with van der Waals surface area (Å²) in [4.78, 5) is 23.7. The van der Waals surface area contributed by atoms with Crippen molar-refractivity contribution in [2.24, 2.45) is 0 Å². The average molecular weight is 469 g/mol. The quantitative estimate of drug-likeness (QED) is 0.513. The van der Waals surface area contributed by atoms with E-state index in [1.807, 2.05) is 61.5 Å². The molecule has 3 rings (SSSR count). The fourth-order valence-electron chi connectivity index (χ4n) is 2.65. The molecule has 0 aliphatic rings. The van der Waals surface area contributed by atoms with Crippen molar-refractivity contribution in [2.75, 3.05) is 13.2 Å². The molecule has 0 unspecified atom stereocenters. The number of rotatable bonds is 7. The summed E-state index contributed by atoms with van der Waals surface area (Å²) in [6.45, 7) is 1.44. The van der Waals surface area contributed by atoms with E-state index in [0.29, 0.717) is 11.5 Å². The van der Waals surface area contributed by atoms with Crippen LogP contribution in [0, 0.1) is 6.92 Å². The molecule has 0 atom stereocenters. The Labute approximate surface area is 183 Å². The standard InChI is InChI=1S/C23H21BrN2O4/c1-16-13-19(24)9-12-21(16)30-15-23(28)26-25-22(27)14-29-20-10-7-18(8-11-20)17-5-3-2-4-6-17/h2-13H,14-15H2,1H3,(H,25,27)(H,26,28). The Morgan fingerprint density at radius 2 is 1.40 bits per heavy atom. The molecule has 0 bridgehead atoms. The number of hydrogen-bond donors (Lipinski definition) is 2. The van der Waals surface area contributed by atoms with Gasteiger partial charge in [0.05, 0.1) is 0 Å². The molecular formula is C23H21BrN2O4. The number of aryl methyl sites for hydroxylation is 1. The number of amides is 2. The van der Waals surface area contributed by atoms with Gasteiger partial charge in [0.15, 0.2) is 13.2 Å².